The monoisotopic (exact) mass is 239 g/mol. The molecule has 94 valence electrons. The molecule has 0 aromatic heterocycles. The summed E-state index contributed by atoms with van der Waals surface area (Å²) in [5.41, 5.74) is 0.382. The summed E-state index contributed by atoms with van der Waals surface area (Å²) in [6.45, 7) is 1.60. The van der Waals surface area contributed by atoms with Crippen molar-refractivity contribution in [3.8, 4) is 11.5 Å². The first-order valence-electron chi connectivity index (χ1n) is 5.26. The Morgan fingerprint density at radius 3 is 2.65 bits per heavy atom. The molecule has 0 aliphatic rings. The van der Waals surface area contributed by atoms with E-state index in [9.17, 15) is 4.79 Å². The van der Waals surface area contributed by atoms with Gasteiger partial charge in [-0.3, -0.25) is 4.79 Å². The summed E-state index contributed by atoms with van der Waals surface area (Å²) in [5, 5.41) is 11.5. The molecule has 0 aliphatic heterocycles. The third kappa shape index (κ3) is 3.10. The van der Waals surface area contributed by atoms with Crippen molar-refractivity contribution in [3.63, 3.8) is 0 Å². The van der Waals surface area contributed by atoms with E-state index in [0.29, 0.717) is 17.1 Å². The molecule has 0 bridgehead atoms. The van der Waals surface area contributed by atoms with Gasteiger partial charge in [-0.25, -0.2) is 0 Å². The van der Waals surface area contributed by atoms with Crippen molar-refractivity contribution in [2.75, 3.05) is 20.8 Å². The Balaban J connectivity index is 3.00. The summed E-state index contributed by atoms with van der Waals surface area (Å²) in [7, 11) is 2.99. The zero-order valence-electron chi connectivity index (χ0n) is 10.2. The number of carbonyl (C=O) groups is 1. The maximum Gasteiger partial charge on any atom is 0.255 e. The van der Waals surface area contributed by atoms with Crippen molar-refractivity contribution < 1.29 is 19.4 Å². The molecule has 1 aromatic carbocycles. The highest BCUT2D eigenvalue weighted by Crippen LogP contribution is 2.30. The zero-order chi connectivity index (χ0) is 12.8. The van der Waals surface area contributed by atoms with Crippen LogP contribution in [-0.2, 0) is 0 Å². The topological polar surface area (TPSA) is 67.8 Å². The van der Waals surface area contributed by atoms with Crippen molar-refractivity contribution in [1.29, 1.82) is 0 Å². The fourth-order valence-electron chi connectivity index (χ4n) is 1.41. The van der Waals surface area contributed by atoms with Crippen molar-refractivity contribution in [2.24, 2.45) is 0 Å². The summed E-state index contributed by atoms with van der Waals surface area (Å²) in [5.74, 6) is 0.580. The van der Waals surface area contributed by atoms with E-state index >= 15 is 0 Å². The first-order chi connectivity index (χ1) is 8.13. The van der Waals surface area contributed by atoms with Crippen LogP contribution in [0.15, 0.2) is 18.2 Å². The highest BCUT2D eigenvalue weighted by atomic mass is 16.5. The summed E-state index contributed by atoms with van der Waals surface area (Å²) in [6.07, 6.45) is 0. The largest absolute Gasteiger partial charge is 0.493 e. The van der Waals surface area contributed by atoms with Gasteiger partial charge in [-0.1, -0.05) is 6.07 Å². The first kappa shape index (κ1) is 13.3. The van der Waals surface area contributed by atoms with Crippen LogP contribution in [0, 0.1) is 0 Å². The van der Waals surface area contributed by atoms with E-state index in [1.165, 1.54) is 14.2 Å². The molecule has 0 spiro atoms. The minimum Gasteiger partial charge on any atom is -0.493 e. The number of hydrogen-bond donors (Lipinski definition) is 2. The van der Waals surface area contributed by atoms with Crippen LogP contribution in [0.4, 0.5) is 0 Å². The predicted molar refractivity (Wildman–Crippen MR) is 63.6 cm³/mol. The number of aliphatic hydroxyl groups is 1. The number of nitrogens with one attached hydrogen (secondary N) is 1. The number of carbonyl (C=O) groups excluding carboxylic acids is 1. The second-order valence-electron chi connectivity index (χ2n) is 3.60. The SMILES string of the molecule is COc1cccc(C(=O)N[C@H](C)CO)c1OC. The Morgan fingerprint density at radius 1 is 1.41 bits per heavy atom. The number of rotatable bonds is 5. The molecule has 0 fully saturated rings. The third-order valence-electron chi connectivity index (χ3n) is 2.30. The molecule has 1 rings (SSSR count). The van der Waals surface area contributed by atoms with Crippen LogP contribution in [0.1, 0.15) is 17.3 Å². The van der Waals surface area contributed by atoms with Crippen LogP contribution >= 0.6 is 0 Å². The molecule has 0 heterocycles. The molecule has 0 radical (unpaired) electrons. The van der Waals surface area contributed by atoms with Crippen LogP contribution in [0.3, 0.4) is 0 Å². The molecule has 0 unspecified atom stereocenters. The Labute approximate surface area is 100 Å². The number of ether oxygens (including phenoxy) is 2. The van der Waals surface area contributed by atoms with Gasteiger partial charge in [0, 0.05) is 6.04 Å². The van der Waals surface area contributed by atoms with Gasteiger partial charge in [-0.15, -0.1) is 0 Å². The van der Waals surface area contributed by atoms with Gasteiger partial charge in [-0.2, -0.15) is 0 Å². The first-order valence-corrected chi connectivity index (χ1v) is 5.26. The normalized spacial score (nSPS) is 11.8. The molecule has 5 heteroatoms. The summed E-state index contributed by atoms with van der Waals surface area (Å²) >= 11 is 0. The lowest BCUT2D eigenvalue weighted by molar-refractivity contribution is 0.0918. The molecule has 2 N–H and O–H groups in total. The van der Waals surface area contributed by atoms with Crippen LogP contribution in [-0.4, -0.2) is 37.9 Å². The smallest absolute Gasteiger partial charge is 0.255 e. The number of amides is 1. The summed E-state index contributed by atoms with van der Waals surface area (Å²) < 4.78 is 10.3. The number of benzene rings is 1. The number of aliphatic hydroxyl groups excluding tert-OH is 1. The standard InChI is InChI=1S/C12H17NO4/c1-8(7-14)13-12(15)9-5-4-6-10(16-2)11(9)17-3/h4-6,8,14H,7H2,1-3H3,(H,13,15)/t8-/m1/s1. The maximum atomic E-state index is 11.9. The average Bonchev–Trinajstić information content (AvgIpc) is 2.37. The van der Waals surface area contributed by atoms with Crippen LogP contribution in [0.25, 0.3) is 0 Å². The van der Waals surface area contributed by atoms with Gasteiger partial charge in [0.1, 0.15) is 0 Å². The Morgan fingerprint density at radius 2 is 2.12 bits per heavy atom. The summed E-state index contributed by atoms with van der Waals surface area (Å²) in [6, 6.07) is 4.75. The van der Waals surface area contributed by atoms with Crippen molar-refractivity contribution in [1.82, 2.24) is 5.32 Å². The van der Waals surface area contributed by atoms with Crippen molar-refractivity contribution in [2.45, 2.75) is 13.0 Å². The maximum absolute atomic E-state index is 11.9. The fraction of sp³-hybridized carbons (Fsp3) is 0.417. The Hall–Kier alpha value is -1.75. The molecule has 0 saturated carbocycles. The van der Waals surface area contributed by atoms with E-state index in [1.807, 2.05) is 0 Å². The van der Waals surface area contributed by atoms with Crippen molar-refractivity contribution in [3.05, 3.63) is 23.8 Å². The van der Waals surface area contributed by atoms with E-state index < -0.39 is 0 Å². The van der Waals surface area contributed by atoms with Gasteiger partial charge in [-0.05, 0) is 19.1 Å². The molecule has 0 aliphatic carbocycles. The average molecular weight is 239 g/mol. The van der Waals surface area contributed by atoms with E-state index in [4.69, 9.17) is 14.6 Å². The third-order valence-corrected chi connectivity index (χ3v) is 2.30. The number of para-hydroxylation sites is 1. The Kier molecular flexibility index (Phi) is 4.78. The molecular formula is C12H17NO4. The molecule has 5 nitrogen and oxygen atoms in total. The second kappa shape index (κ2) is 6.10. The minimum atomic E-state index is -0.307. The molecular weight excluding hydrogens is 222 g/mol. The molecule has 1 aromatic rings. The second-order valence-corrected chi connectivity index (χ2v) is 3.60. The van der Waals surface area contributed by atoms with E-state index in [2.05, 4.69) is 5.32 Å². The predicted octanol–water partition coefficient (Wildman–Crippen LogP) is 0.814. The lowest BCUT2D eigenvalue weighted by atomic mass is 10.1. The number of methoxy groups -OCH3 is 2. The van der Waals surface area contributed by atoms with Gasteiger partial charge in [0.2, 0.25) is 0 Å². The van der Waals surface area contributed by atoms with Crippen LogP contribution in [0.5, 0.6) is 11.5 Å². The number of hydrogen-bond acceptors (Lipinski definition) is 4. The van der Waals surface area contributed by atoms with Gasteiger partial charge < -0.3 is 19.9 Å². The quantitative estimate of drug-likeness (QED) is 0.798. The van der Waals surface area contributed by atoms with Crippen LogP contribution < -0.4 is 14.8 Å². The fourth-order valence-corrected chi connectivity index (χ4v) is 1.41. The highest BCUT2D eigenvalue weighted by molar-refractivity contribution is 5.98. The van der Waals surface area contributed by atoms with Gasteiger partial charge in [0.25, 0.3) is 5.91 Å². The zero-order valence-corrected chi connectivity index (χ0v) is 10.2. The van der Waals surface area contributed by atoms with Gasteiger partial charge in [0.05, 0.1) is 26.4 Å². The summed E-state index contributed by atoms with van der Waals surface area (Å²) in [4.78, 5) is 11.9. The van der Waals surface area contributed by atoms with E-state index in [1.54, 1.807) is 25.1 Å². The van der Waals surface area contributed by atoms with E-state index in [0.717, 1.165) is 0 Å². The Bertz CT molecular complexity index is 392. The minimum absolute atomic E-state index is 0.113. The highest BCUT2D eigenvalue weighted by Gasteiger charge is 2.17. The lowest BCUT2D eigenvalue weighted by Crippen LogP contribution is -2.35. The van der Waals surface area contributed by atoms with Gasteiger partial charge in [0.15, 0.2) is 11.5 Å². The lowest BCUT2D eigenvalue weighted by Gasteiger charge is -2.14. The van der Waals surface area contributed by atoms with Crippen molar-refractivity contribution >= 4 is 5.91 Å². The molecule has 1 atom stereocenters. The van der Waals surface area contributed by atoms with Crippen LogP contribution in [0.2, 0.25) is 0 Å². The van der Waals surface area contributed by atoms with E-state index in [-0.39, 0.29) is 18.6 Å². The van der Waals surface area contributed by atoms with Gasteiger partial charge >= 0.3 is 0 Å². The molecule has 17 heavy (non-hydrogen) atoms. The molecule has 0 saturated heterocycles. The molecule has 1 amide bonds.